The smallest absolute Gasteiger partial charge is 0.133 e. The van der Waals surface area contributed by atoms with Crippen molar-refractivity contribution in [2.45, 2.75) is 25.9 Å². The van der Waals surface area contributed by atoms with Crippen molar-refractivity contribution in [1.29, 1.82) is 0 Å². The second kappa shape index (κ2) is 7.93. The summed E-state index contributed by atoms with van der Waals surface area (Å²) >= 11 is 0. The molecule has 4 heterocycles. The Morgan fingerprint density at radius 1 is 0.840 bits per heavy atom. The molecule has 0 radical (unpaired) electrons. The lowest BCUT2D eigenvalue weighted by Gasteiger charge is -2.25. The summed E-state index contributed by atoms with van der Waals surface area (Å²) in [6, 6.07) is 8.49. The van der Waals surface area contributed by atoms with E-state index in [-0.39, 0.29) is 0 Å². The van der Waals surface area contributed by atoms with Gasteiger partial charge in [0.05, 0.1) is 0 Å². The Labute approximate surface area is 150 Å². The number of rotatable bonds is 5. The van der Waals surface area contributed by atoms with E-state index in [9.17, 15) is 0 Å². The van der Waals surface area contributed by atoms with Gasteiger partial charge in [0, 0.05) is 63.4 Å². The molecule has 1 saturated heterocycles. The maximum absolute atomic E-state index is 4.70. The number of anilines is 1. The minimum atomic E-state index is 0.895. The van der Waals surface area contributed by atoms with Crippen molar-refractivity contribution in [2.24, 2.45) is 0 Å². The Hall–Kier alpha value is -1.98. The van der Waals surface area contributed by atoms with Crippen molar-refractivity contribution >= 4 is 5.82 Å². The minimum Gasteiger partial charge on any atom is -0.351 e. The molecule has 0 aliphatic carbocycles. The normalized spacial score (nSPS) is 19.0. The second-order valence-corrected chi connectivity index (χ2v) is 7.09. The van der Waals surface area contributed by atoms with Crippen LogP contribution in [0.25, 0.3) is 0 Å². The Bertz CT molecular complexity index is 669. The largest absolute Gasteiger partial charge is 0.351 e. The van der Waals surface area contributed by atoms with Gasteiger partial charge in [0.25, 0.3) is 0 Å². The Balaban J connectivity index is 1.46. The number of likely N-dealkylation sites (tertiary alicyclic amines) is 1. The molecule has 1 fully saturated rings. The molecule has 5 nitrogen and oxygen atoms in total. The van der Waals surface area contributed by atoms with E-state index in [2.05, 4.69) is 43.9 Å². The zero-order valence-electron chi connectivity index (χ0n) is 14.8. The molecule has 0 unspecified atom stereocenters. The highest BCUT2D eigenvalue weighted by atomic mass is 15.3. The third-order valence-corrected chi connectivity index (χ3v) is 5.30. The molecule has 2 aliphatic heterocycles. The number of aromatic nitrogens is 2. The monoisotopic (exact) mass is 337 g/mol. The van der Waals surface area contributed by atoms with Gasteiger partial charge < -0.3 is 9.80 Å². The fourth-order valence-corrected chi connectivity index (χ4v) is 3.87. The summed E-state index contributed by atoms with van der Waals surface area (Å²) in [7, 11) is 0. The number of hydrogen-bond acceptors (Lipinski definition) is 5. The minimum absolute atomic E-state index is 0.895. The molecule has 0 bridgehead atoms. The molecule has 0 N–H and O–H groups in total. The third-order valence-electron chi connectivity index (χ3n) is 5.30. The Kier molecular flexibility index (Phi) is 5.23. The summed E-state index contributed by atoms with van der Waals surface area (Å²) < 4.78 is 0. The molecule has 0 atom stereocenters. The first-order valence-electron chi connectivity index (χ1n) is 9.41. The SMILES string of the molecule is c1cnc2c(c1)CN(CCN1CCCC1)CCN2Cc1ccncc1. The molecule has 132 valence electrons. The summed E-state index contributed by atoms with van der Waals surface area (Å²) in [6.45, 7) is 8.91. The van der Waals surface area contributed by atoms with E-state index in [4.69, 9.17) is 4.98 Å². The van der Waals surface area contributed by atoms with Crippen LogP contribution < -0.4 is 4.90 Å². The quantitative estimate of drug-likeness (QED) is 0.837. The van der Waals surface area contributed by atoms with Crippen molar-refractivity contribution < 1.29 is 0 Å². The van der Waals surface area contributed by atoms with E-state index in [1.165, 1.54) is 43.6 Å². The van der Waals surface area contributed by atoms with Crippen LogP contribution in [0.5, 0.6) is 0 Å². The van der Waals surface area contributed by atoms with E-state index < -0.39 is 0 Å². The highest BCUT2D eigenvalue weighted by Gasteiger charge is 2.21. The Morgan fingerprint density at radius 3 is 2.48 bits per heavy atom. The number of pyridine rings is 2. The van der Waals surface area contributed by atoms with E-state index in [1.807, 2.05) is 18.6 Å². The van der Waals surface area contributed by atoms with Gasteiger partial charge >= 0.3 is 0 Å². The maximum Gasteiger partial charge on any atom is 0.133 e. The zero-order chi connectivity index (χ0) is 16.9. The van der Waals surface area contributed by atoms with Crippen molar-refractivity contribution in [3.8, 4) is 0 Å². The summed E-state index contributed by atoms with van der Waals surface area (Å²) in [5.41, 5.74) is 2.63. The van der Waals surface area contributed by atoms with E-state index in [0.717, 1.165) is 38.5 Å². The average molecular weight is 337 g/mol. The van der Waals surface area contributed by atoms with Crippen molar-refractivity contribution in [3.63, 3.8) is 0 Å². The molecule has 2 aromatic rings. The lowest BCUT2D eigenvalue weighted by molar-refractivity contribution is 0.225. The number of fused-ring (bicyclic) bond motifs is 1. The average Bonchev–Trinajstić information content (AvgIpc) is 3.11. The summed E-state index contributed by atoms with van der Waals surface area (Å²) in [5, 5.41) is 0. The maximum atomic E-state index is 4.70. The highest BCUT2D eigenvalue weighted by Crippen LogP contribution is 2.24. The fourth-order valence-electron chi connectivity index (χ4n) is 3.87. The first kappa shape index (κ1) is 16.5. The molecule has 4 rings (SSSR count). The first-order valence-corrected chi connectivity index (χ1v) is 9.41. The van der Waals surface area contributed by atoms with Gasteiger partial charge in [-0.3, -0.25) is 9.88 Å². The molecule has 0 spiro atoms. The van der Waals surface area contributed by atoms with Crippen LogP contribution in [0.3, 0.4) is 0 Å². The number of hydrogen-bond donors (Lipinski definition) is 0. The van der Waals surface area contributed by atoms with Crippen molar-refractivity contribution in [3.05, 3.63) is 54.0 Å². The molecular formula is C20H27N5. The molecular weight excluding hydrogens is 310 g/mol. The summed E-state index contributed by atoms with van der Waals surface area (Å²) in [5.74, 6) is 1.14. The summed E-state index contributed by atoms with van der Waals surface area (Å²) in [6.07, 6.45) is 8.39. The lowest BCUT2D eigenvalue weighted by Crippen LogP contribution is -2.36. The van der Waals surface area contributed by atoms with Gasteiger partial charge in [-0.05, 0) is 49.7 Å². The van der Waals surface area contributed by atoms with Gasteiger partial charge in [0.1, 0.15) is 5.82 Å². The van der Waals surface area contributed by atoms with Crippen LogP contribution in [0.2, 0.25) is 0 Å². The zero-order valence-corrected chi connectivity index (χ0v) is 14.8. The number of nitrogens with zero attached hydrogens (tertiary/aromatic N) is 5. The van der Waals surface area contributed by atoms with Crippen LogP contribution >= 0.6 is 0 Å². The molecule has 5 heteroatoms. The van der Waals surface area contributed by atoms with Gasteiger partial charge in [0.2, 0.25) is 0 Å². The first-order chi connectivity index (χ1) is 12.4. The van der Waals surface area contributed by atoms with Gasteiger partial charge in [0.15, 0.2) is 0 Å². The molecule has 0 amide bonds. The Morgan fingerprint density at radius 2 is 1.64 bits per heavy atom. The highest BCUT2D eigenvalue weighted by molar-refractivity contribution is 5.48. The topological polar surface area (TPSA) is 35.5 Å². The van der Waals surface area contributed by atoms with Crippen LogP contribution in [0, 0.1) is 0 Å². The fraction of sp³-hybridized carbons (Fsp3) is 0.500. The van der Waals surface area contributed by atoms with Gasteiger partial charge in [-0.15, -0.1) is 0 Å². The molecule has 0 saturated carbocycles. The van der Waals surface area contributed by atoms with Crippen molar-refractivity contribution in [1.82, 2.24) is 19.8 Å². The van der Waals surface area contributed by atoms with Crippen LogP contribution in [0.4, 0.5) is 5.82 Å². The summed E-state index contributed by atoms with van der Waals surface area (Å²) in [4.78, 5) is 16.4. The van der Waals surface area contributed by atoms with Gasteiger partial charge in [-0.25, -0.2) is 4.98 Å². The van der Waals surface area contributed by atoms with E-state index in [0.29, 0.717) is 0 Å². The van der Waals surface area contributed by atoms with Crippen LogP contribution in [-0.4, -0.2) is 59.0 Å². The van der Waals surface area contributed by atoms with Crippen LogP contribution in [0.1, 0.15) is 24.0 Å². The second-order valence-electron chi connectivity index (χ2n) is 7.09. The third kappa shape index (κ3) is 4.17. The van der Waals surface area contributed by atoms with Crippen LogP contribution in [0.15, 0.2) is 42.9 Å². The molecule has 2 aromatic heterocycles. The predicted octanol–water partition coefficient (Wildman–Crippen LogP) is 2.39. The molecule has 25 heavy (non-hydrogen) atoms. The molecule has 2 aliphatic rings. The predicted molar refractivity (Wildman–Crippen MR) is 100 cm³/mol. The van der Waals surface area contributed by atoms with Gasteiger partial charge in [-0.2, -0.15) is 0 Å². The lowest BCUT2D eigenvalue weighted by atomic mass is 10.2. The van der Waals surface area contributed by atoms with E-state index in [1.54, 1.807) is 0 Å². The van der Waals surface area contributed by atoms with Gasteiger partial charge in [-0.1, -0.05) is 6.07 Å². The standard InChI is InChI=1S/C20H27N5/c1-2-11-23(10-1)12-13-24-14-15-25(16-18-5-8-21-9-6-18)20-19(17-24)4-3-7-22-20/h3-9H,1-2,10-17H2. The van der Waals surface area contributed by atoms with E-state index >= 15 is 0 Å². The van der Waals surface area contributed by atoms with Crippen LogP contribution in [-0.2, 0) is 13.1 Å². The molecule has 0 aromatic carbocycles. The van der Waals surface area contributed by atoms with Crippen molar-refractivity contribution in [2.75, 3.05) is 44.2 Å².